The van der Waals surface area contributed by atoms with Crippen LogP contribution in [-0.2, 0) is 75.4 Å². The second kappa shape index (κ2) is 23.1. The zero-order valence-corrected chi connectivity index (χ0v) is 53.5. The Labute approximate surface area is 564 Å². The normalized spacial score (nSPS) is 14.8. The molecule has 0 N–H and O–H groups in total. The van der Waals surface area contributed by atoms with Crippen LogP contribution in [0.2, 0.25) is 0 Å². The Balaban J connectivity index is 0.861. The molecule has 97 heavy (non-hydrogen) atoms. The van der Waals surface area contributed by atoms with Crippen LogP contribution < -0.4 is 0 Å². The lowest BCUT2D eigenvalue weighted by atomic mass is 9.76. The average molecular weight is 1320 g/mol. The molecule has 17 rings (SSSR count). The molecule has 0 fully saturated rings. The van der Waals surface area contributed by atoms with Gasteiger partial charge in [-0.2, -0.15) is 0 Å². The minimum absolute atomic E-state index is 0.0551. The maximum atomic E-state index is 16.1. The van der Waals surface area contributed by atoms with E-state index in [1.54, 1.807) is 133 Å². The zero-order chi connectivity index (χ0) is 65.8. The molecular formula is C82H48O12S3. The van der Waals surface area contributed by atoms with E-state index < -0.39 is 57.8 Å². The Hall–Kier alpha value is -11.6. The van der Waals surface area contributed by atoms with Gasteiger partial charge in [-0.05, 0) is 149 Å². The fraction of sp³-hybridized carbons (Fsp3) is 0.0732. The molecule has 3 aromatic heterocycles. The van der Waals surface area contributed by atoms with Gasteiger partial charge in [0.15, 0.2) is 23.1 Å². The molecule has 0 aliphatic heterocycles. The van der Waals surface area contributed by atoms with Gasteiger partial charge in [0, 0.05) is 43.1 Å². The summed E-state index contributed by atoms with van der Waals surface area (Å²) in [5.74, 6) is -6.65. The maximum Gasteiger partial charge on any atom is 0.333 e. The Morgan fingerprint density at radius 2 is 0.567 bits per heavy atom. The van der Waals surface area contributed by atoms with Crippen molar-refractivity contribution in [2.75, 3.05) is 0 Å². The van der Waals surface area contributed by atoms with E-state index in [9.17, 15) is 19.2 Å². The van der Waals surface area contributed by atoms with Crippen molar-refractivity contribution in [2.24, 2.45) is 0 Å². The Bertz CT molecular complexity index is 5190. The van der Waals surface area contributed by atoms with E-state index in [1.165, 1.54) is 34.8 Å². The number of fused-ring (bicyclic) bond motifs is 13. The van der Waals surface area contributed by atoms with Gasteiger partial charge >= 0.3 is 23.9 Å². The summed E-state index contributed by atoms with van der Waals surface area (Å²) < 4.78 is 27.1. The van der Waals surface area contributed by atoms with Crippen LogP contribution in [0.3, 0.4) is 0 Å². The molecule has 0 atom stereocenters. The van der Waals surface area contributed by atoms with Crippen LogP contribution in [0.15, 0.2) is 253 Å². The summed E-state index contributed by atoms with van der Waals surface area (Å²) in [6, 6.07) is 65.9. The fourth-order valence-corrected chi connectivity index (χ4v) is 18.6. The molecule has 0 radical (unpaired) electrons. The summed E-state index contributed by atoms with van der Waals surface area (Å²) in [7, 11) is 0. The van der Waals surface area contributed by atoms with Crippen molar-refractivity contribution in [3.05, 3.63) is 318 Å². The van der Waals surface area contributed by atoms with Crippen molar-refractivity contribution in [3.8, 4) is 0 Å². The Morgan fingerprint density at radius 1 is 0.309 bits per heavy atom. The molecule has 3 heterocycles. The van der Waals surface area contributed by atoms with Crippen molar-refractivity contribution < 1.29 is 57.3 Å². The molecule has 466 valence electrons. The van der Waals surface area contributed by atoms with Gasteiger partial charge in [0.25, 0.3) is 0 Å². The molecule has 0 unspecified atom stereocenters. The lowest BCUT2D eigenvalue weighted by Gasteiger charge is -2.28. The van der Waals surface area contributed by atoms with Crippen molar-refractivity contribution in [3.63, 3.8) is 0 Å². The van der Waals surface area contributed by atoms with Gasteiger partial charge in [-0.1, -0.05) is 170 Å². The minimum atomic E-state index is -2.53. The lowest BCUT2D eigenvalue weighted by Crippen LogP contribution is -2.46. The van der Waals surface area contributed by atoms with Crippen molar-refractivity contribution >= 4 is 155 Å². The quantitative estimate of drug-likeness (QED) is 0.0252. The molecule has 15 heteroatoms. The molecule has 10 aromatic carbocycles. The van der Waals surface area contributed by atoms with E-state index >= 15 is 19.2 Å². The number of esters is 4. The third-order valence-corrected chi connectivity index (χ3v) is 22.6. The van der Waals surface area contributed by atoms with Gasteiger partial charge in [0.1, 0.15) is 26.4 Å². The van der Waals surface area contributed by atoms with Crippen molar-refractivity contribution in [2.45, 2.75) is 37.3 Å². The number of thiophene rings is 3. The highest BCUT2D eigenvalue weighted by Gasteiger charge is 2.62. The van der Waals surface area contributed by atoms with Crippen LogP contribution in [0.1, 0.15) is 84.6 Å². The first-order valence-electron chi connectivity index (χ1n) is 31.2. The van der Waals surface area contributed by atoms with E-state index in [0.29, 0.717) is 50.8 Å². The predicted molar refractivity (Wildman–Crippen MR) is 376 cm³/mol. The van der Waals surface area contributed by atoms with Gasteiger partial charge in [-0.25, -0.2) is 0 Å². The molecule has 0 saturated heterocycles. The smallest absolute Gasteiger partial charge is 0.333 e. The fourth-order valence-electron chi connectivity index (χ4n) is 13.9. The molecule has 0 amide bonds. The number of Topliss-reactive ketones (excluding diaryl/α,β-unsaturated/α-hetero) is 4. The standard InChI is InChI=1S/C82H48O12S3/c83-69-59-33-53-29-49-25-13-14-26-50(49)30-54(53)34-60(59)70(84)63(69)37-57-39-65-67(81(57,77(87)91-41-45-17-5-1-6-18-45)78(88)92-42-46-19-7-2-8-20-46)73-75(95-65)76-74(97-73)68-66(96-76)40-58(38-64-71(85)61-35-55-31-51-27-15-16-28-52(51)32-56(55)36-62(61)72(64)86)82(68,79(89)93-43-47-21-9-3-10-22-47)80(90)94-44-48-23-11-4-12-24-48/h1-40H,41-44H2. The van der Waals surface area contributed by atoms with E-state index in [1.807, 2.05) is 97.1 Å². The van der Waals surface area contributed by atoms with Crippen LogP contribution in [0.25, 0.3) is 74.0 Å². The van der Waals surface area contributed by atoms with Gasteiger partial charge in [-0.3, -0.25) is 38.4 Å². The molecule has 0 saturated carbocycles. The summed E-state index contributed by atoms with van der Waals surface area (Å²) in [4.78, 5) is 125. The molecule has 4 aliphatic carbocycles. The maximum absolute atomic E-state index is 16.1. The number of rotatable bonds is 14. The van der Waals surface area contributed by atoms with Gasteiger partial charge in [0.05, 0.1) is 29.9 Å². The monoisotopic (exact) mass is 1320 g/mol. The highest BCUT2D eigenvalue weighted by Crippen LogP contribution is 2.61. The molecule has 4 aliphatic rings. The topological polar surface area (TPSA) is 173 Å². The van der Waals surface area contributed by atoms with Crippen molar-refractivity contribution in [1.82, 2.24) is 0 Å². The van der Waals surface area contributed by atoms with Crippen LogP contribution in [0, 0.1) is 0 Å². The third kappa shape index (κ3) is 9.43. The predicted octanol–water partition coefficient (Wildman–Crippen LogP) is 17.0. The first kappa shape index (κ1) is 59.1. The van der Waals surface area contributed by atoms with Gasteiger partial charge < -0.3 is 18.9 Å². The molecule has 12 nitrogen and oxygen atoms in total. The second-order valence-corrected chi connectivity index (χ2v) is 27.5. The first-order chi connectivity index (χ1) is 47.3. The number of hydrogen-bond acceptors (Lipinski definition) is 15. The summed E-state index contributed by atoms with van der Waals surface area (Å²) in [5.41, 5.74) is -2.38. The number of carbonyl (C=O) groups is 8. The lowest BCUT2D eigenvalue weighted by molar-refractivity contribution is -0.166. The van der Waals surface area contributed by atoms with Crippen LogP contribution in [-0.4, -0.2) is 47.0 Å². The highest BCUT2D eigenvalue weighted by molar-refractivity contribution is 7.39. The Kier molecular flexibility index (Phi) is 14.1. The largest absolute Gasteiger partial charge is 0.459 e. The van der Waals surface area contributed by atoms with E-state index in [-0.39, 0.29) is 82.1 Å². The minimum Gasteiger partial charge on any atom is -0.459 e. The summed E-state index contributed by atoms with van der Waals surface area (Å²) in [6.07, 6.45) is 5.89. The van der Waals surface area contributed by atoms with E-state index in [0.717, 1.165) is 54.4 Å². The summed E-state index contributed by atoms with van der Waals surface area (Å²) in [5, 5.41) is 6.73. The molecule has 13 aromatic rings. The number of ketones is 4. The average Bonchev–Trinajstić information content (AvgIpc) is 1.51. The van der Waals surface area contributed by atoms with Crippen LogP contribution in [0.4, 0.5) is 0 Å². The van der Waals surface area contributed by atoms with Crippen molar-refractivity contribution in [1.29, 1.82) is 0 Å². The molecular weight excluding hydrogens is 1270 g/mol. The SMILES string of the molecule is O=C1C(=CC2=Cc3sc4c(sc5c6c(sc54)C=C(C=C4C(=O)c5cc7cc8ccccc8cc7cc5C4=O)C6(C(=O)OCc4ccccc4)C(=O)OCc4ccccc4)c3C2(C(=O)OCc2ccccc2)C(=O)OCc2ccccc2)C(=O)c2cc3cc4ccccc4cc3cc21. The van der Waals surface area contributed by atoms with Crippen LogP contribution in [0.5, 0.6) is 0 Å². The third-order valence-electron chi connectivity index (χ3n) is 18.7. The number of ether oxygens (including phenoxy) is 4. The van der Waals surface area contributed by atoms with E-state index in [2.05, 4.69) is 0 Å². The molecule has 0 bridgehead atoms. The second-order valence-electron chi connectivity index (χ2n) is 24.4. The van der Waals surface area contributed by atoms with E-state index in [4.69, 9.17) is 18.9 Å². The molecule has 0 spiro atoms. The number of benzene rings is 10. The zero-order valence-electron chi connectivity index (χ0n) is 51.0. The highest BCUT2D eigenvalue weighted by atomic mass is 32.1. The summed E-state index contributed by atoms with van der Waals surface area (Å²) in [6.45, 7) is -1.15. The number of allylic oxidation sites excluding steroid dienone is 4. The number of carbonyl (C=O) groups excluding carboxylic acids is 8. The van der Waals surface area contributed by atoms with Gasteiger partial charge in [0.2, 0.25) is 10.8 Å². The Morgan fingerprint density at radius 3 is 0.835 bits per heavy atom. The summed E-state index contributed by atoms with van der Waals surface area (Å²) >= 11 is 3.56. The number of hydrogen-bond donors (Lipinski definition) is 0. The van der Waals surface area contributed by atoms with Gasteiger partial charge in [-0.15, -0.1) is 34.0 Å². The first-order valence-corrected chi connectivity index (χ1v) is 33.7. The van der Waals surface area contributed by atoms with Crippen LogP contribution >= 0.6 is 34.0 Å².